The summed E-state index contributed by atoms with van der Waals surface area (Å²) in [7, 11) is 0. The number of amides is 1. The number of rotatable bonds is 6. The van der Waals surface area contributed by atoms with E-state index in [1.165, 1.54) is 5.56 Å². The van der Waals surface area contributed by atoms with Gasteiger partial charge in [-0.05, 0) is 49.4 Å². The lowest BCUT2D eigenvalue weighted by Crippen LogP contribution is -2.36. The SMILES string of the molecule is Cc1cc(Cl)ncc1CN1CCC[C@H](CC(=O)Nc2cncc(-c3ccccc3)n2)C1. The molecule has 3 heterocycles. The number of carbonyl (C=O) groups excluding carboxylic acids is 1. The van der Waals surface area contributed by atoms with Gasteiger partial charge < -0.3 is 5.32 Å². The van der Waals surface area contributed by atoms with Crippen molar-refractivity contribution in [3.63, 3.8) is 0 Å². The van der Waals surface area contributed by atoms with Crippen LogP contribution in [0.2, 0.25) is 5.15 Å². The Labute approximate surface area is 187 Å². The van der Waals surface area contributed by atoms with Gasteiger partial charge in [-0.15, -0.1) is 0 Å². The molecule has 1 fully saturated rings. The lowest BCUT2D eigenvalue weighted by molar-refractivity contribution is -0.117. The zero-order valence-corrected chi connectivity index (χ0v) is 18.3. The lowest BCUT2D eigenvalue weighted by atomic mass is 9.94. The summed E-state index contributed by atoms with van der Waals surface area (Å²) in [5, 5.41) is 3.45. The van der Waals surface area contributed by atoms with Crippen molar-refractivity contribution >= 4 is 23.3 Å². The number of piperidine rings is 1. The lowest BCUT2D eigenvalue weighted by Gasteiger charge is -2.32. The quantitative estimate of drug-likeness (QED) is 0.566. The fourth-order valence-electron chi connectivity index (χ4n) is 4.05. The second kappa shape index (κ2) is 9.98. The van der Waals surface area contributed by atoms with Crippen molar-refractivity contribution in [2.45, 2.75) is 32.7 Å². The maximum absolute atomic E-state index is 12.7. The fraction of sp³-hybridized carbons (Fsp3) is 0.333. The number of pyridine rings is 1. The number of anilines is 1. The smallest absolute Gasteiger partial charge is 0.225 e. The number of hydrogen-bond acceptors (Lipinski definition) is 5. The number of carbonyl (C=O) groups is 1. The first-order valence-electron chi connectivity index (χ1n) is 10.6. The Hall–Kier alpha value is -2.83. The van der Waals surface area contributed by atoms with Crippen LogP contribution in [0.4, 0.5) is 5.82 Å². The predicted octanol–water partition coefficient (Wildman–Crippen LogP) is 4.74. The average molecular weight is 436 g/mol. The highest BCUT2D eigenvalue weighted by molar-refractivity contribution is 6.29. The molecule has 1 atom stereocenters. The van der Waals surface area contributed by atoms with Crippen LogP contribution >= 0.6 is 11.6 Å². The highest BCUT2D eigenvalue weighted by Gasteiger charge is 2.23. The van der Waals surface area contributed by atoms with Gasteiger partial charge in [0.25, 0.3) is 0 Å². The van der Waals surface area contributed by atoms with Crippen LogP contribution < -0.4 is 5.32 Å². The first-order chi connectivity index (χ1) is 15.1. The molecule has 160 valence electrons. The molecule has 0 unspecified atom stereocenters. The molecule has 1 aromatic carbocycles. The van der Waals surface area contributed by atoms with Gasteiger partial charge in [0.15, 0.2) is 5.82 Å². The van der Waals surface area contributed by atoms with Crippen molar-refractivity contribution < 1.29 is 4.79 Å². The van der Waals surface area contributed by atoms with Gasteiger partial charge in [0.05, 0.1) is 18.1 Å². The van der Waals surface area contributed by atoms with Crippen molar-refractivity contribution in [3.8, 4) is 11.3 Å². The van der Waals surface area contributed by atoms with Gasteiger partial charge in [-0.1, -0.05) is 41.9 Å². The molecule has 3 aromatic rings. The Bertz CT molecular complexity index is 1040. The minimum atomic E-state index is -0.0179. The van der Waals surface area contributed by atoms with Gasteiger partial charge in [0.1, 0.15) is 5.15 Å². The standard InChI is InChI=1S/C24H26ClN5O/c1-17-10-22(25)27-12-20(17)16-30-9-5-6-18(15-30)11-24(31)29-23-14-26-13-21(28-23)19-7-3-2-4-8-19/h2-4,7-8,10,12-14,18H,5-6,9,11,15-16H2,1H3,(H,28,29,31)/t18-/m1/s1. The minimum Gasteiger partial charge on any atom is -0.309 e. The fourth-order valence-corrected chi connectivity index (χ4v) is 4.26. The third-order valence-corrected chi connectivity index (χ3v) is 5.84. The molecular weight excluding hydrogens is 410 g/mol. The molecule has 1 saturated heterocycles. The summed E-state index contributed by atoms with van der Waals surface area (Å²) in [4.78, 5) is 28.0. The number of halogens is 1. The molecule has 7 heteroatoms. The van der Waals surface area contributed by atoms with E-state index >= 15 is 0 Å². The van der Waals surface area contributed by atoms with Gasteiger partial charge in [-0.25, -0.2) is 9.97 Å². The van der Waals surface area contributed by atoms with Crippen LogP contribution in [0.1, 0.15) is 30.4 Å². The van der Waals surface area contributed by atoms with E-state index in [0.717, 1.165) is 49.3 Å². The zero-order chi connectivity index (χ0) is 21.6. The van der Waals surface area contributed by atoms with Crippen LogP contribution in [-0.4, -0.2) is 38.8 Å². The maximum Gasteiger partial charge on any atom is 0.225 e. The van der Waals surface area contributed by atoms with Crippen molar-refractivity contribution in [3.05, 3.63) is 71.3 Å². The molecule has 0 spiro atoms. The molecule has 1 amide bonds. The Kier molecular flexibility index (Phi) is 6.89. The molecule has 2 aromatic heterocycles. The number of nitrogens with zero attached hydrogens (tertiary/aromatic N) is 4. The Morgan fingerprint density at radius 1 is 1.23 bits per heavy atom. The van der Waals surface area contributed by atoms with Crippen LogP contribution in [0.3, 0.4) is 0 Å². The molecule has 1 aliphatic rings. The van der Waals surface area contributed by atoms with Crippen molar-refractivity contribution in [2.24, 2.45) is 5.92 Å². The van der Waals surface area contributed by atoms with E-state index in [0.29, 0.717) is 23.3 Å². The van der Waals surface area contributed by atoms with E-state index < -0.39 is 0 Å². The van der Waals surface area contributed by atoms with E-state index in [9.17, 15) is 4.79 Å². The van der Waals surface area contributed by atoms with Crippen molar-refractivity contribution in [1.29, 1.82) is 0 Å². The van der Waals surface area contributed by atoms with E-state index in [2.05, 4.69) is 32.1 Å². The topological polar surface area (TPSA) is 71.0 Å². The highest BCUT2D eigenvalue weighted by Crippen LogP contribution is 2.23. The van der Waals surface area contributed by atoms with Gasteiger partial charge in [0.2, 0.25) is 5.91 Å². The second-order valence-corrected chi connectivity index (χ2v) is 8.47. The van der Waals surface area contributed by atoms with Crippen LogP contribution in [0.5, 0.6) is 0 Å². The number of hydrogen-bond donors (Lipinski definition) is 1. The average Bonchev–Trinajstić information content (AvgIpc) is 2.77. The van der Waals surface area contributed by atoms with Gasteiger partial charge in [-0.2, -0.15) is 0 Å². The third-order valence-electron chi connectivity index (χ3n) is 5.63. The molecule has 4 rings (SSSR count). The van der Waals surface area contributed by atoms with Crippen molar-refractivity contribution in [2.75, 3.05) is 18.4 Å². The highest BCUT2D eigenvalue weighted by atomic mass is 35.5. The summed E-state index contributed by atoms with van der Waals surface area (Å²) in [6, 6.07) is 11.7. The molecule has 0 aliphatic carbocycles. The number of benzene rings is 1. The summed E-state index contributed by atoms with van der Waals surface area (Å²) in [6.45, 7) is 4.82. The van der Waals surface area contributed by atoms with Crippen LogP contribution in [0.25, 0.3) is 11.3 Å². The van der Waals surface area contributed by atoms with Crippen LogP contribution in [0.15, 0.2) is 55.0 Å². The Balaban J connectivity index is 1.33. The van der Waals surface area contributed by atoms with Gasteiger partial charge >= 0.3 is 0 Å². The number of aryl methyl sites for hydroxylation is 1. The summed E-state index contributed by atoms with van der Waals surface area (Å²) < 4.78 is 0. The molecule has 0 radical (unpaired) electrons. The van der Waals surface area contributed by atoms with E-state index in [1.54, 1.807) is 12.4 Å². The molecule has 0 bridgehead atoms. The summed E-state index contributed by atoms with van der Waals surface area (Å²) in [6.07, 6.45) is 7.77. The van der Waals surface area contributed by atoms with Crippen LogP contribution in [0, 0.1) is 12.8 Å². The summed E-state index contributed by atoms with van der Waals surface area (Å²) in [5.74, 6) is 0.789. The Morgan fingerprint density at radius 3 is 2.87 bits per heavy atom. The zero-order valence-electron chi connectivity index (χ0n) is 17.6. The molecular formula is C24H26ClN5O. The maximum atomic E-state index is 12.7. The number of likely N-dealkylation sites (tertiary alicyclic amines) is 1. The second-order valence-electron chi connectivity index (χ2n) is 8.08. The molecule has 6 nitrogen and oxygen atoms in total. The van der Waals surface area contributed by atoms with Crippen LogP contribution in [-0.2, 0) is 11.3 Å². The van der Waals surface area contributed by atoms with Gasteiger partial charge in [0, 0.05) is 31.3 Å². The number of aromatic nitrogens is 3. The minimum absolute atomic E-state index is 0.0179. The molecule has 1 aliphatic heterocycles. The van der Waals surface area contributed by atoms with E-state index in [1.807, 2.05) is 42.6 Å². The number of nitrogens with one attached hydrogen (secondary N) is 1. The predicted molar refractivity (Wildman–Crippen MR) is 123 cm³/mol. The van der Waals surface area contributed by atoms with E-state index in [-0.39, 0.29) is 5.91 Å². The van der Waals surface area contributed by atoms with Crippen molar-refractivity contribution in [1.82, 2.24) is 19.9 Å². The van der Waals surface area contributed by atoms with Gasteiger partial charge in [-0.3, -0.25) is 14.7 Å². The first kappa shape index (κ1) is 21.4. The largest absolute Gasteiger partial charge is 0.309 e. The summed E-state index contributed by atoms with van der Waals surface area (Å²) in [5.41, 5.74) is 4.05. The summed E-state index contributed by atoms with van der Waals surface area (Å²) >= 11 is 5.97. The molecule has 31 heavy (non-hydrogen) atoms. The molecule has 0 saturated carbocycles. The Morgan fingerprint density at radius 2 is 2.06 bits per heavy atom. The van der Waals surface area contributed by atoms with E-state index in [4.69, 9.17) is 11.6 Å². The first-order valence-corrected chi connectivity index (χ1v) is 11.0. The monoisotopic (exact) mass is 435 g/mol. The normalized spacial score (nSPS) is 16.8. The molecule has 1 N–H and O–H groups in total. The third kappa shape index (κ3) is 5.87.